The van der Waals surface area contributed by atoms with Crippen molar-refractivity contribution in [1.82, 2.24) is 19.3 Å². The first kappa shape index (κ1) is 16.3. The van der Waals surface area contributed by atoms with E-state index in [0.29, 0.717) is 5.88 Å². The van der Waals surface area contributed by atoms with Crippen LogP contribution in [0.1, 0.15) is 37.7 Å². The molecule has 0 aliphatic rings. The number of halogens is 1. The maximum Gasteiger partial charge on any atom is 0.158 e. The summed E-state index contributed by atoms with van der Waals surface area (Å²) in [5.74, 6) is 1.67. The molecular formula is C15H25ClN4O. The van der Waals surface area contributed by atoms with Crippen LogP contribution >= 0.6 is 11.6 Å². The van der Waals surface area contributed by atoms with Gasteiger partial charge in [0.25, 0.3) is 0 Å². The van der Waals surface area contributed by atoms with E-state index < -0.39 is 0 Å². The van der Waals surface area contributed by atoms with E-state index in [2.05, 4.69) is 16.6 Å². The standard InChI is InChI=1S/C15H25ClN4O/c1-4-7-12-14-15(19(2)18-12)20(10-5-6-11-21-3)13(17-14)8-9-16/h4-11H2,1-3H3. The molecule has 21 heavy (non-hydrogen) atoms. The summed E-state index contributed by atoms with van der Waals surface area (Å²) >= 11 is 5.93. The number of hydrogen-bond donors (Lipinski definition) is 0. The van der Waals surface area contributed by atoms with Crippen LogP contribution in [0, 0.1) is 0 Å². The van der Waals surface area contributed by atoms with Crippen molar-refractivity contribution >= 4 is 22.8 Å². The van der Waals surface area contributed by atoms with E-state index in [1.807, 2.05) is 11.7 Å². The van der Waals surface area contributed by atoms with E-state index in [-0.39, 0.29) is 0 Å². The van der Waals surface area contributed by atoms with Crippen LogP contribution in [0.25, 0.3) is 11.2 Å². The van der Waals surface area contributed by atoms with Crippen LogP contribution in [0.2, 0.25) is 0 Å². The van der Waals surface area contributed by atoms with Crippen molar-refractivity contribution in [3.63, 3.8) is 0 Å². The molecule has 0 saturated carbocycles. The molecule has 0 atom stereocenters. The first-order chi connectivity index (χ1) is 10.2. The third-order valence-electron chi connectivity index (χ3n) is 3.66. The molecule has 6 heteroatoms. The SMILES string of the molecule is CCCc1nn(C)c2c1nc(CCCl)n2CCCCOC. The highest BCUT2D eigenvalue weighted by molar-refractivity contribution is 6.17. The minimum atomic E-state index is 0.595. The van der Waals surface area contributed by atoms with Crippen molar-refractivity contribution in [2.75, 3.05) is 19.6 Å². The van der Waals surface area contributed by atoms with Crippen LogP contribution in [-0.2, 0) is 31.2 Å². The molecule has 2 aromatic heterocycles. The lowest BCUT2D eigenvalue weighted by Gasteiger charge is -2.08. The average Bonchev–Trinajstić information content (AvgIpc) is 2.96. The van der Waals surface area contributed by atoms with Gasteiger partial charge in [-0.3, -0.25) is 4.68 Å². The van der Waals surface area contributed by atoms with Gasteiger partial charge < -0.3 is 9.30 Å². The molecule has 0 aromatic carbocycles. The highest BCUT2D eigenvalue weighted by Gasteiger charge is 2.18. The number of rotatable bonds is 9. The van der Waals surface area contributed by atoms with Crippen molar-refractivity contribution in [1.29, 1.82) is 0 Å². The van der Waals surface area contributed by atoms with Crippen molar-refractivity contribution in [2.45, 2.75) is 45.6 Å². The Bertz CT molecular complexity index is 576. The molecule has 5 nitrogen and oxygen atoms in total. The third kappa shape index (κ3) is 3.58. The Hall–Kier alpha value is -1.07. The summed E-state index contributed by atoms with van der Waals surface area (Å²) in [7, 11) is 3.74. The van der Waals surface area contributed by atoms with Gasteiger partial charge in [-0.15, -0.1) is 11.6 Å². The van der Waals surface area contributed by atoms with Crippen molar-refractivity contribution in [2.24, 2.45) is 7.05 Å². The van der Waals surface area contributed by atoms with Gasteiger partial charge in [0.1, 0.15) is 11.3 Å². The van der Waals surface area contributed by atoms with Crippen LogP contribution in [0.5, 0.6) is 0 Å². The van der Waals surface area contributed by atoms with Crippen molar-refractivity contribution in [3.8, 4) is 0 Å². The summed E-state index contributed by atoms with van der Waals surface area (Å²) in [4.78, 5) is 4.80. The lowest BCUT2D eigenvalue weighted by Crippen LogP contribution is -2.09. The topological polar surface area (TPSA) is 44.9 Å². The van der Waals surface area contributed by atoms with Gasteiger partial charge in [-0.2, -0.15) is 5.10 Å². The summed E-state index contributed by atoms with van der Waals surface area (Å²) < 4.78 is 9.36. The lowest BCUT2D eigenvalue weighted by molar-refractivity contribution is 0.191. The lowest BCUT2D eigenvalue weighted by atomic mass is 10.2. The van der Waals surface area contributed by atoms with E-state index in [9.17, 15) is 0 Å². The molecule has 2 aromatic rings. The molecule has 0 radical (unpaired) electrons. The quantitative estimate of drug-likeness (QED) is 0.528. The predicted octanol–water partition coefficient (Wildman–Crippen LogP) is 2.93. The average molecular weight is 313 g/mol. The highest BCUT2D eigenvalue weighted by atomic mass is 35.5. The Balaban J connectivity index is 2.32. The van der Waals surface area contributed by atoms with E-state index in [1.165, 1.54) is 0 Å². The van der Waals surface area contributed by atoms with Crippen molar-refractivity contribution in [3.05, 3.63) is 11.5 Å². The number of hydrogen-bond acceptors (Lipinski definition) is 3. The molecular weight excluding hydrogens is 288 g/mol. The zero-order chi connectivity index (χ0) is 15.2. The first-order valence-corrected chi connectivity index (χ1v) is 8.22. The largest absolute Gasteiger partial charge is 0.385 e. The number of fused-ring (bicyclic) bond motifs is 1. The second kappa shape index (κ2) is 7.80. The molecule has 0 saturated heterocycles. The van der Waals surface area contributed by atoms with Crippen LogP contribution in [0.4, 0.5) is 0 Å². The highest BCUT2D eigenvalue weighted by Crippen LogP contribution is 2.22. The van der Waals surface area contributed by atoms with E-state index >= 15 is 0 Å². The van der Waals surface area contributed by atoms with Gasteiger partial charge in [0.15, 0.2) is 5.65 Å². The molecule has 0 spiro atoms. The van der Waals surface area contributed by atoms with Gasteiger partial charge in [0.05, 0.1) is 5.69 Å². The van der Waals surface area contributed by atoms with E-state index in [4.69, 9.17) is 21.3 Å². The van der Waals surface area contributed by atoms with Crippen molar-refractivity contribution < 1.29 is 4.74 Å². The first-order valence-electron chi connectivity index (χ1n) is 7.68. The Morgan fingerprint density at radius 3 is 2.71 bits per heavy atom. The Labute approximate surface area is 131 Å². The molecule has 0 N–H and O–H groups in total. The van der Waals surface area contributed by atoms with Gasteiger partial charge in [-0.05, 0) is 19.3 Å². The monoisotopic (exact) mass is 312 g/mol. The normalized spacial score (nSPS) is 11.6. The number of ether oxygens (including phenoxy) is 1. The number of nitrogens with zero attached hydrogens (tertiary/aromatic N) is 4. The maximum absolute atomic E-state index is 5.93. The smallest absolute Gasteiger partial charge is 0.158 e. The second-order valence-corrected chi connectivity index (χ2v) is 5.69. The predicted molar refractivity (Wildman–Crippen MR) is 86.0 cm³/mol. The molecule has 2 heterocycles. The van der Waals surface area contributed by atoms with Gasteiger partial charge >= 0.3 is 0 Å². The number of aryl methyl sites for hydroxylation is 4. The number of unbranched alkanes of at least 4 members (excludes halogenated alkanes) is 1. The van der Waals surface area contributed by atoms with Crippen LogP contribution in [0.3, 0.4) is 0 Å². The maximum atomic E-state index is 5.93. The fourth-order valence-electron chi connectivity index (χ4n) is 2.72. The van der Waals surface area contributed by atoms with E-state index in [1.54, 1.807) is 7.11 Å². The zero-order valence-corrected chi connectivity index (χ0v) is 14.0. The summed E-state index contributed by atoms with van der Waals surface area (Å²) in [5, 5.41) is 4.62. The summed E-state index contributed by atoms with van der Waals surface area (Å²) in [6.45, 7) is 3.91. The van der Waals surface area contributed by atoms with Crippen LogP contribution in [0.15, 0.2) is 0 Å². The molecule has 0 aliphatic heterocycles. The van der Waals surface area contributed by atoms with Crippen LogP contribution in [-0.4, -0.2) is 38.9 Å². The molecule has 0 fully saturated rings. The molecule has 0 bridgehead atoms. The molecule has 0 aliphatic carbocycles. The van der Waals surface area contributed by atoms with Gasteiger partial charge in [-0.25, -0.2) is 4.98 Å². The fourth-order valence-corrected chi connectivity index (χ4v) is 2.89. The molecule has 0 amide bonds. The summed E-state index contributed by atoms with van der Waals surface area (Å²) in [5.41, 5.74) is 3.27. The molecule has 0 unspecified atom stereocenters. The molecule has 118 valence electrons. The Kier molecular flexibility index (Phi) is 6.06. The second-order valence-electron chi connectivity index (χ2n) is 5.31. The molecule has 2 rings (SSSR count). The Morgan fingerprint density at radius 1 is 1.24 bits per heavy atom. The number of imidazole rings is 1. The van der Waals surface area contributed by atoms with Gasteiger partial charge in [-0.1, -0.05) is 13.3 Å². The van der Waals surface area contributed by atoms with E-state index in [0.717, 1.165) is 67.9 Å². The van der Waals surface area contributed by atoms with Gasteiger partial charge in [0.2, 0.25) is 0 Å². The third-order valence-corrected chi connectivity index (χ3v) is 3.84. The number of aromatic nitrogens is 4. The minimum absolute atomic E-state index is 0.595. The summed E-state index contributed by atoms with van der Waals surface area (Å²) in [6.07, 6.45) is 4.97. The zero-order valence-electron chi connectivity index (χ0n) is 13.2. The minimum Gasteiger partial charge on any atom is -0.385 e. The number of alkyl halides is 1. The summed E-state index contributed by atoms with van der Waals surface area (Å²) in [6, 6.07) is 0. The fraction of sp³-hybridized carbons (Fsp3) is 0.733. The van der Waals surface area contributed by atoms with Crippen LogP contribution < -0.4 is 0 Å². The van der Waals surface area contributed by atoms with Gasteiger partial charge in [0, 0.05) is 39.6 Å². The Morgan fingerprint density at radius 2 is 2.05 bits per heavy atom. The number of methoxy groups -OCH3 is 1.